The Morgan fingerprint density at radius 3 is 2.84 bits per heavy atom. The van der Waals surface area contributed by atoms with Crippen molar-refractivity contribution >= 4 is 5.91 Å². The number of allylic oxidation sites excluding steroid dienone is 2. The fourth-order valence-corrected chi connectivity index (χ4v) is 4.48. The molecule has 5 atom stereocenters. The number of likely N-dealkylation sites (N-methyl/N-ethyl adjacent to an activating group) is 1. The average Bonchev–Trinajstić information content (AvgIpc) is 3.27. The maximum Gasteiger partial charge on any atom is 0.245 e. The zero-order chi connectivity index (χ0) is 17.1. The summed E-state index contributed by atoms with van der Waals surface area (Å²) in [6.07, 6.45) is 10.00. The molecule has 0 bridgehead atoms. The Morgan fingerprint density at radius 2 is 2.04 bits per heavy atom. The highest BCUT2D eigenvalue weighted by molar-refractivity contribution is 5.84. The molecule has 1 amide bonds. The summed E-state index contributed by atoms with van der Waals surface area (Å²) in [4.78, 5) is 23.7. The molecular weight excluding hydrogens is 316 g/mol. The second kappa shape index (κ2) is 5.39. The van der Waals surface area contributed by atoms with E-state index in [0.717, 1.165) is 6.54 Å². The molecule has 3 saturated heterocycles. The number of carbonyl (C=O) groups is 1. The Balaban J connectivity index is 1.49. The molecule has 7 heteroatoms. The van der Waals surface area contributed by atoms with Gasteiger partial charge in [-0.25, -0.2) is 0 Å². The van der Waals surface area contributed by atoms with Crippen LogP contribution in [0.25, 0.3) is 0 Å². The molecule has 0 spiro atoms. The van der Waals surface area contributed by atoms with Crippen molar-refractivity contribution in [3.05, 3.63) is 54.0 Å². The predicted octanol–water partition coefficient (Wildman–Crippen LogP) is 0.0106. The van der Waals surface area contributed by atoms with Crippen LogP contribution in [0.3, 0.4) is 0 Å². The van der Waals surface area contributed by atoms with E-state index in [2.05, 4.69) is 50.6 Å². The maximum absolute atomic E-state index is 13.1. The number of amides is 1. The van der Waals surface area contributed by atoms with Gasteiger partial charge in [-0.2, -0.15) is 0 Å². The van der Waals surface area contributed by atoms with Crippen molar-refractivity contribution in [2.45, 2.75) is 44.2 Å². The lowest BCUT2D eigenvalue weighted by Crippen LogP contribution is -2.68. The normalized spacial score (nSPS) is 36.5. The number of rotatable bonds is 2. The Bertz CT molecular complexity index is 762. The minimum absolute atomic E-state index is 0.0193. The van der Waals surface area contributed by atoms with Gasteiger partial charge in [-0.3, -0.25) is 25.3 Å². The summed E-state index contributed by atoms with van der Waals surface area (Å²) >= 11 is 0. The molecule has 1 aromatic rings. The Morgan fingerprint density at radius 1 is 1.24 bits per heavy atom. The Hall–Kier alpha value is -2.22. The van der Waals surface area contributed by atoms with Crippen molar-refractivity contribution in [2.24, 2.45) is 0 Å². The number of nitrogens with one attached hydrogen (secondary N) is 2. The molecule has 4 unspecified atom stereocenters. The fourth-order valence-electron chi connectivity index (χ4n) is 4.48. The van der Waals surface area contributed by atoms with Crippen LogP contribution in [-0.2, 0) is 11.3 Å². The van der Waals surface area contributed by atoms with Crippen LogP contribution in [0.5, 0.6) is 0 Å². The van der Waals surface area contributed by atoms with Crippen LogP contribution in [0.1, 0.15) is 12.5 Å². The lowest BCUT2D eigenvalue weighted by molar-refractivity contribution is -0.150. The van der Waals surface area contributed by atoms with Crippen LogP contribution < -0.4 is 10.6 Å². The summed E-state index contributed by atoms with van der Waals surface area (Å²) in [5, 5.41) is 7.18. The average molecular weight is 338 g/mol. The van der Waals surface area contributed by atoms with Crippen LogP contribution in [0, 0.1) is 0 Å². The molecule has 1 aliphatic carbocycles. The zero-order valence-electron chi connectivity index (χ0n) is 14.3. The fraction of sp³-hybridized carbons (Fsp3) is 0.444. The molecule has 130 valence electrons. The van der Waals surface area contributed by atoms with Gasteiger partial charge in [0.25, 0.3) is 0 Å². The smallest absolute Gasteiger partial charge is 0.245 e. The molecule has 3 fully saturated rings. The lowest BCUT2D eigenvalue weighted by Gasteiger charge is -2.46. The first-order valence-corrected chi connectivity index (χ1v) is 8.75. The first-order valence-electron chi connectivity index (χ1n) is 8.75. The molecule has 7 nitrogen and oxygen atoms in total. The van der Waals surface area contributed by atoms with Gasteiger partial charge in [-0.1, -0.05) is 12.2 Å². The SMILES string of the molecule is C[C@H]1NC2C(C(=O)N(C)C3NC4C=CC=C4N23)N1Cc1ccncc1. The monoisotopic (exact) mass is 338 g/mol. The van der Waals surface area contributed by atoms with Crippen LogP contribution in [0.15, 0.2) is 48.5 Å². The van der Waals surface area contributed by atoms with E-state index in [1.807, 2.05) is 24.1 Å². The number of fused-ring (bicyclic) bond motifs is 5. The number of pyridine rings is 1. The van der Waals surface area contributed by atoms with Crippen LogP contribution in [0.4, 0.5) is 0 Å². The molecule has 5 rings (SSSR count). The highest BCUT2D eigenvalue weighted by Gasteiger charge is 2.57. The first-order chi connectivity index (χ1) is 12.1. The minimum atomic E-state index is -0.202. The van der Waals surface area contributed by atoms with E-state index in [1.165, 1.54) is 11.3 Å². The van der Waals surface area contributed by atoms with E-state index in [0.29, 0.717) is 0 Å². The van der Waals surface area contributed by atoms with Gasteiger partial charge in [-0.05, 0) is 30.7 Å². The van der Waals surface area contributed by atoms with Crippen LogP contribution in [-0.4, -0.2) is 63.3 Å². The zero-order valence-corrected chi connectivity index (χ0v) is 14.3. The van der Waals surface area contributed by atoms with Gasteiger partial charge in [0, 0.05) is 31.7 Å². The number of hydrogen-bond acceptors (Lipinski definition) is 6. The van der Waals surface area contributed by atoms with Crippen molar-refractivity contribution < 1.29 is 4.79 Å². The number of nitrogens with zero attached hydrogens (tertiary/aromatic N) is 4. The van der Waals surface area contributed by atoms with E-state index in [-0.39, 0.29) is 36.6 Å². The van der Waals surface area contributed by atoms with E-state index >= 15 is 0 Å². The minimum Gasteiger partial charge on any atom is -0.323 e. The largest absolute Gasteiger partial charge is 0.323 e. The highest BCUT2D eigenvalue weighted by Crippen LogP contribution is 2.37. The van der Waals surface area contributed by atoms with Crippen molar-refractivity contribution in [3.8, 4) is 0 Å². The molecular formula is C18H22N6O. The van der Waals surface area contributed by atoms with Gasteiger partial charge in [0.15, 0.2) is 6.29 Å². The van der Waals surface area contributed by atoms with Crippen molar-refractivity contribution in [1.82, 2.24) is 30.3 Å². The topological polar surface area (TPSA) is 63.7 Å². The van der Waals surface area contributed by atoms with Gasteiger partial charge < -0.3 is 9.80 Å². The van der Waals surface area contributed by atoms with Crippen molar-refractivity contribution in [3.63, 3.8) is 0 Å². The van der Waals surface area contributed by atoms with Gasteiger partial charge in [0.1, 0.15) is 12.2 Å². The van der Waals surface area contributed by atoms with Crippen molar-refractivity contribution in [2.75, 3.05) is 7.05 Å². The van der Waals surface area contributed by atoms with Gasteiger partial charge in [-0.15, -0.1) is 0 Å². The summed E-state index contributed by atoms with van der Waals surface area (Å²) in [5.74, 6) is 0.161. The molecule has 0 radical (unpaired) electrons. The van der Waals surface area contributed by atoms with E-state index < -0.39 is 0 Å². The standard InChI is InChI=1S/C18H22N6O/c1-11-20-16-15(23(11)10-12-6-8-19-9-7-12)17(25)22(2)18-21-13-4-3-5-14(13)24(16)18/h3-9,11,13,15-16,18,20-21H,10H2,1-2H3/t11-,13?,15?,16?,18?/m0/s1. The lowest BCUT2D eigenvalue weighted by atomic mass is 10.1. The molecule has 4 aliphatic rings. The van der Waals surface area contributed by atoms with E-state index in [4.69, 9.17) is 0 Å². The van der Waals surface area contributed by atoms with Gasteiger partial charge >= 0.3 is 0 Å². The molecule has 3 aliphatic heterocycles. The van der Waals surface area contributed by atoms with E-state index in [9.17, 15) is 4.79 Å². The molecule has 4 heterocycles. The molecule has 0 aromatic carbocycles. The Labute approximate surface area is 147 Å². The molecule has 1 aromatic heterocycles. The van der Waals surface area contributed by atoms with E-state index in [1.54, 1.807) is 12.4 Å². The van der Waals surface area contributed by atoms with Crippen LogP contribution in [0.2, 0.25) is 0 Å². The van der Waals surface area contributed by atoms with Gasteiger partial charge in [0.05, 0.1) is 12.2 Å². The quantitative estimate of drug-likeness (QED) is 0.792. The summed E-state index contributed by atoms with van der Waals surface area (Å²) < 4.78 is 0. The third kappa shape index (κ3) is 2.09. The number of hydrogen-bond donors (Lipinski definition) is 2. The molecule has 2 N–H and O–H groups in total. The number of carbonyl (C=O) groups excluding carboxylic acids is 1. The second-order valence-corrected chi connectivity index (χ2v) is 7.11. The summed E-state index contributed by atoms with van der Waals surface area (Å²) in [6.45, 7) is 2.86. The first kappa shape index (κ1) is 15.1. The second-order valence-electron chi connectivity index (χ2n) is 7.11. The van der Waals surface area contributed by atoms with Gasteiger partial charge in [0.2, 0.25) is 5.91 Å². The third-order valence-corrected chi connectivity index (χ3v) is 5.73. The highest BCUT2D eigenvalue weighted by atomic mass is 16.2. The summed E-state index contributed by atoms with van der Waals surface area (Å²) in [6, 6.07) is 4.02. The third-order valence-electron chi connectivity index (χ3n) is 5.73. The maximum atomic E-state index is 13.1. The number of aromatic nitrogens is 1. The molecule has 0 saturated carbocycles. The predicted molar refractivity (Wildman–Crippen MR) is 92.5 cm³/mol. The van der Waals surface area contributed by atoms with Crippen molar-refractivity contribution in [1.29, 1.82) is 0 Å². The molecule has 25 heavy (non-hydrogen) atoms. The summed E-state index contributed by atoms with van der Waals surface area (Å²) in [5.41, 5.74) is 2.41. The van der Waals surface area contributed by atoms with Crippen LogP contribution >= 0.6 is 0 Å². The Kier molecular flexibility index (Phi) is 3.25. The summed E-state index contributed by atoms with van der Waals surface area (Å²) in [7, 11) is 1.89.